The number of ether oxygens (including phenoxy) is 3. The summed E-state index contributed by atoms with van der Waals surface area (Å²) in [7, 11) is 0. The Morgan fingerprint density at radius 1 is 0.359 bits per heavy atom. The molecule has 0 heterocycles. The van der Waals surface area contributed by atoms with Crippen LogP contribution in [0.25, 0.3) is 0 Å². The van der Waals surface area contributed by atoms with Crippen molar-refractivity contribution in [1.82, 2.24) is 0 Å². The zero-order valence-electron chi connectivity index (χ0n) is 40.5. The molecule has 0 radical (unpaired) electrons. The lowest BCUT2D eigenvalue weighted by Crippen LogP contribution is -2.29. The van der Waals surface area contributed by atoms with Gasteiger partial charge in [0.2, 0.25) is 0 Å². The molecule has 0 aromatic rings. The van der Waals surface area contributed by atoms with Gasteiger partial charge in [0.15, 0.2) is 6.10 Å². The lowest BCUT2D eigenvalue weighted by molar-refractivity contribution is -0.162. The second-order valence-electron chi connectivity index (χ2n) is 15.2. The van der Waals surface area contributed by atoms with E-state index in [0.717, 1.165) is 122 Å². The summed E-state index contributed by atoms with van der Waals surface area (Å²) < 4.78 is 17.2. The van der Waals surface area contributed by atoms with E-state index in [1.165, 1.54) is 0 Å². The summed E-state index contributed by atoms with van der Waals surface area (Å²) in [6.07, 6.45) is 79.6. The van der Waals surface area contributed by atoms with Crippen LogP contribution in [-0.4, -0.2) is 37.9 Å². The number of hydrogen-bond acceptors (Lipinski definition) is 5. The highest BCUT2D eigenvalue weighted by Gasteiger charge is 2.17. The van der Waals surface area contributed by atoms with Gasteiger partial charge in [-0.1, -0.05) is 197 Å². The summed E-state index contributed by atoms with van der Waals surface area (Å²) in [5.74, 6) is -0.649. The molecule has 0 rings (SSSR count). The Kier molecular flexibility index (Phi) is 48.7. The number of esters is 2. The molecular formula is C59H88O5. The molecule has 0 aliphatic carbocycles. The van der Waals surface area contributed by atoms with Crippen LogP contribution < -0.4 is 0 Å². The fraction of sp³-hybridized carbons (Fsp3) is 0.492. The summed E-state index contributed by atoms with van der Waals surface area (Å²) in [5.41, 5.74) is 0. The Morgan fingerprint density at radius 3 is 1.09 bits per heavy atom. The predicted octanol–water partition coefficient (Wildman–Crippen LogP) is 16.9. The molecule has 0 spiro atoms. The Balaban J connectivity index is 4.60. The molecule has 0 aromatic carbocycles. The third-order valence-electron chi connectivity index (χ3n) is 9.26. The van der Waals surface area contributed by atoms with E-state index in [0.29, 0.717) is 19.4 Å². The van der Waals surface area contributed by atoms with Crippen molar-refractivity contribution in [3.63, 3.8) is 0 Å². The number of carbonyl (C=O) groups is 2. The first-order valence-electron chi connectivity index (χ1n) is 24.7. The van der Waals surface area contributed by atoms with E-state index >= 15 is 0 Å². The third-order valence-corrected chi connectivity index (χ3v) is 9.26. The number of rotatable bonds is 42. The molecule has 0 bridgehead atoms. The molecule has 0 aliphatic rings. The molecule has 0 saturated carbocycles. The summed E-state index contributed by atoms with van der Waals surface area (Å²) in [6, 6.07) is 0. The minimum atomic E-state index is -0.644. The summed E-state index contributed by atoms with van der Waals surface area (Å²) in [4.78, 5) is 25.3. The molecule has 0 N–H and O–H groups in total. The maximum absolute atomic E-state index is 12.7. The molecule has 354 valence electrons. The van der Waals surface area contributed by atoms with Crippen LogP contribution in [0.5, 0.6) is 0 Å². The van der Waals surface area contributed by atoms with Crippen molar-refractivity contribution in [3.05, 3.63) is 170 Å². The first-order chi connectivity index (χ1) is 31.6. The first-order valence-corrected chi connectivity index (χ1v) is 24.7. The second-order valence-corrected chi connectivity index (χ2v) is 15.2. The molecule has 5 nitrogen and oxygen atoms in total. The Labute approximate surface area is 392 Å². The largest absolute Gasteiger partial charge is 0.462 e. The van der Waals surface area contributed by atoms with Crippen LogP contribution >= 0.6 is 0 Å². The van der Waals surface area contributed by atoms with Crippen molar-refractivity contribution in [3.8, 4) is 0 Å². The topological polar surface area (TPSA) is 61.8 Å². The van der Waals surface area contributed by atoms with Crippen LogP contribution in [0, 0.1) is 0 Å². The Morgan fingerprint density at radius 2 is 0.703 bits per heavy atom. The molecule has 5 heteroatoms. The SMILES string of the molecule is CC/C=C\C/C=C\C/C=C\C/C=C\C/C=C\CCCC(=O)OCC(COCCCCC/C=C\C/C=C\C/C=C\C/C=C\CC)OC(=O)C/C=C\C/C=C\C/C=C\C/C=C\C/C=C\CC. The van der Waals surface area contributed by atoms with E-state index in [-0.39, 0.29) is 31.6 Å². The second kappa shape index (κ2) is 52.6. The van der Waals surface area contributed by atoms with E-state index in [9.17, 15) is 9.59 Å². The number of hydrogen-bond donors (Lipinski definition) is 0. The van der Waals surface area contributed by atoms with Crippen LogP contribution in [0.2, 0.25) is 0 Å². The average Bonchev–Trinajstić information content (AvgIpc) is 3.30. The molecule has 1 unspecified atom stereocenters. The molecular weight excluding hydrogens is 789 g/mol. The van der Waals surface area contributed by atoms with Gasteiger partial charge in [-0.25, -0.2) is 0 Å². The van der Waals surface area contributed by atoms with Gasteiger partial charge in [0.1, 0.15) is 6.61 Å². The minimum Gasteiger partial charge on any atom is -0.462 e. The quantitative estimate of drug-likeness (QED) is 0.0347. The highest BCUT2D eigenvalue weighted by atomic mass is 16.6. The highest BCUT2D eigenvalue weighted by molar-refractivity contribution is 5.71. The zero-order valence-corrected chi connectivity index (χ0v) is 40.5. The Hall–Kier alpha value is -4.74. The van der Waals surface area contributed by atoms with Gasteiger partial charge in [-0.2, -0.15) is 0 Å². The summed E-state index contributed by atoms with van der Waals surface area (Å²) in [6.45, 7) is 7.20. The standard InChI is InChI=1S/C59H88O5/c1-4-7-10-13-16-19-22-25-28-30-32-34-37-40-43-46-49-52-58(60)63-56-57(55-62-54-51-48-45-42-39-36-33-29-26-23-20-17-14-11-8-5-2)64-59(61)53-50-47-44-41-38-35-31-27-24-21-18-15-12-9-6-3/h7-12,16-21,25-29,31-32,34,36,38-41,43,47,50,57H,4-6,13-15,22-24,30,33,35,37,42,44-46,48-49,51-56H2,1-3H3/b10-7-,11-8-,12-9-,19-16-,20-17-,21-18-,28-25-,29-26-,31-27-,34-32-,39-36-,41-38-,43-40-,50-47-. The molecule has 0 aromatic heterocycles. The van der Waals surface area contributed by atoms with Crippen molar-refractivity contribution >= 4 is 11.9 Å². The summed E-state index contributed by atoms with van der Waals surface area (Å²) >= 11 is 0. The van der Waals surface area contributed by atoms with Gasteiger partial charge in [0.05, 0.1) is 13.0 Å². The maximum atomic E-state index is 12.7. The van der Waals surface area contributed by atoms with Gasteiger partial charge in [-0.3, -0.25) is 9.59 Å². The van der Waals surface area contributed by atoms with Gasteiger partial charge < -0.3 is 14.2 Å². The smallest absolute Gasteiger partial charge is 0.310 e. The van der Waals surface area contributed by atoms with Crippen LogP contribution in [0.1, 0.15) is 162 Å². The molecule has 1 atom stereocenters. The van der Waals surface area contributed by atoms with Crippen molar-refractivity contribution in [2.45, 2.75) is 168 Å². The van der Waals surface area contributed by atoms with Crippen molar-refractivity contribution in [2.24, 2.45) is 0 Å². The van der Waals surface area contributed by atoms with Crippen molar-refractivity contribution < 1.29 is 23.8 Å². The Bertz CT molecular complexity index is 1500. The lowest BCUT2D eigenvalue weighted by atomic mass is 10.2. The van der Waals surface area contributed by atoms with E-state index in [2.05, 4.69) is 179 Å². The first kappa shape index (κ1) is 59.3. The van der Waals surface area contributed by atoms with Gasteiger partial charge in [-0.05, 0) is 122 Å². The predicted molar refractivity (Wildman–Crippen MR) is 278 cm³/mol. The van der Waals surface area contributed by atoms with Crippen LogP contribution in [0.15, 0.2) is 170 Å². The molecule has 64 heavy (non-hydrogen) atoms. The van der Waals surface area contributed by atoms with E-state index in [1.807, 2.05) is 12.2 Å². The summed E-state index contributed by atoms with van der Waals surface area (Å²) in [5, 5.41) is 0. The van der Waals surface area contributed by atoms with Gasteiger partial charge in [-0.15, -0.1) is 0 Å². The molecule has 0 aliphatic heterocycles. The van der Waals surface area contributed by atoms with E-state index in [1.54, 1.807) is 0 Å². The van der Waals surface area contributed by atoms with Crippen LogP contribution in [0.3, 0.4) is 0 Å². The fourth-order valence-corrected chi connectivity index (χ4v) is 5.73. The monoisotopic (exact) mass is 877 g/mol. The normalized spacial score (nSPS) is 13.7. The average molecular weight is 877 g/mol. The number of unbranched alkanes of at least 4 members (excludes halogenated alkanes) is 4. The number of carbonyl (C=O) groups excluding carboxylic acids is 2. The maximum Gasteiger partial charge on any atom is 0.310 e. The van der Waals surface area contributed by atoms with Crippen molar-refractivity contribution in [2.75, 3.05) is 19.8 Å². The lowest BCUT2D eigenvalue weighted by Gasteiger charge is -2.18. The zero-order chi connectivity index (χ0) is 46.3. The third kappa shape index (κ3) is 49.9. The van der Waals surface area contributed by atoms with Gasteiger partial charge in [0.25, 0.3) is 0 Å². The minimum absolute atomic E-state index is 0.0102. The van der Waals surface area contributed by atoms with E-state index in [4.69, 9.17) is 14.2 Å². The van der Waals surface area contributed by atoms with Gasteiger partial charge in [0, 0.05) is 13.0 Å². The van der Waals surface area contributed by atoms with Crippen LogP contribution in [0.4, 0.5) is 0 Å². The molecule has 0 saturated heterocycles. The highest BCUT2D eigenvalue weighted by Crippen LogP contribution is 2.07. The molecule has 0 fully saturated rings. The molecule has 0 amide bonds. The van der Waals surface area contributed by atoms with Crippen molar-refractivity contribution in [1.29, 1.82) is 0 Å². The number of allylic oxidation sites excluding steroid dienone is 27. The van der Waals surface area contributed by atoms with Crippen LogP contribution in [-0.2, 0) is 23.8 Å². The van der Waals surface area contributed by atoms with Gasteiger partial charge >= 0.3 is 11.9 Å². The fourth-order valence-electron chi connectivity index (χ4n) is 5.73. The van der Waals surface area contributed by atoms with E-state index < -0.39 is 6.10 Å².